The molecule has 1 atom stereocenters. The SMILES string of the molecule is CCCN(CCCC(C)CCN)CC1CC1. The minimum atomic E-state index is 0.814. The first-order valence-electron chi connectivity index (χ1n) is 7.18. The van der Waals surface area contributed by atoms with Gasteiger partial charge in [-0.1, -0.05) is 13.8 Å². The van der Waals surface area contributed by atoms with Crippen LogP contribution >= 0.6 is 0 Å². The predicted octanol–water partition coefficient (Wildman–Crippen LogP) is 2.87. The van der Waals surface area contributed by atoms with Crippen LogP contribution < -0.4 is 5.73 Å². The molecule has 1 aliphatic rings. The van der Waals surface area contributed by atoms with E-state index in [-0.39, 0.29) is 0 Å². The molecule has 0 amide bonds. The molecule has 0 aromatic rings. The zero-order valence-electron chi connectivity index (χ0n) is 11.3. The van der Waals surface area contributed by atoms with E-state index in [1.807, 2.05) is 0 Å². The van der Waals surface area contributed by atoms with Crippen LogP contribution in [0, 0.1) is 11.8 Å². The van der Waals surface area contributed by atoms with Crippen LogP contribution in [0.3, 0.4) is 0 Å². The number of hydrogen-bond donors (Lipinski definition) is 1. The van der Waals surface area contributed by atoms with Crippen molar-refractivity contribution in [3.05, 3.63) is 0 Å². The zero-order chi connectivity index (χ0) is 11.8. The summed E-state index contributed by atoms with van der Waals surface area (Å²) in [4.78, 5) is 2.67. The van der Waals surface area contributed by atoms with E-state index in [0.29, 0.717) is 0 Å². The molecule has 1 unspecified atom stereocenters. The Morgan fingerprint density at radius 3 is 2.56 bits per heavy atom. The van der Waals surface area contributed by atoms with E-state index in [1.54, 1.807) is 0 Å². The molecule has 16 heavy (non-hydrogen) atoms. The highest BCUT2D eigenvalue weighted by Gasteiger charge is 2.23. The molecule has 2 nitrogen and oxygen atoms in total. The van der Waals surface area contributed by atoms with Crippen molar-refractivity contribution >= 4 is 0 Å². The molecule has 1 rings (SSSR count). The summed E-state index contributed by atoms with van der Waals surface area (Å²) in [5, 5.41) is 0. The lowest BCUT2D eigenvalue weighted by atomic mass is 10.0. The quantitative estimate of drug-likeness (QED) is 0.620. The van der Waals surface area contributed by atoms with Crippen molar-refractivity contribution in [3.63, 3.8) is 0 Å². The Balaban J connectivity index is 2.05. The summed E-state index contributed by atoms with van der Waals surface area (Å²) >= 11 is 0. The molecule has 2 N–H and O–H groups in total. The Morgan fingerprint density at radius 1 is 1.25 bits per heavy atom. The van der Waals surface area contributed by atoms with Gasteiger partial charge < -0.3 is 10.6 Å². The first-order chi connectivity index (χ1) is 7.76. The lowest BCUT2D eigenvalue weighted by Crippen LogP contribution is -2.28. The van der Waals surface area contributed by atoms with E-state index in [2.05, 4.69) is 18.7 Å². The number of rotatable bonds is 10. The fourth-order valence-electron chi connectivity index (χ4n) is 2.37. The van der Waals surface area contributed by atoms with Crippen molar-refractivity contribution < 1.29 is 0 Å². The first kappa shape index (κ1) is 14.0. The van der Waals surface area contributed by atoms with Gasteiger partial charge in [-0.05, 0) is 70.0 Å². The van der Waals surface area contributed by atoms with Gasteiger partial charge in [-0.3, -0.25) is 0 Å². The second-order valence-electron chi connectivity index (χ2n) is 5.57. The van der Waals surface area contributed by atoms with E-state index in [0.717, 1.165) is 18.4 Å². The summed E-state index contributed by atoms with van der Waals surface area (Å²) in [6, 6.07) is 0. The van der Waals surface area contributed by atoms with Crippen LogP contribution in [-0.4, -0.2) is 31.1 Å². The van der Waals surface area contributed by atoms with Crippen molar-refractivity contribution in [2.24, 2.45) is 17.6 Å². The van der Waals surface area contributed by atoms with Crippen molar-refractivity contribution in [1.29, 1.82) is 0 Å². The molecule has 1 aliphatic carbocycles. The second kappa shape index (κ2) is 8.08. The number of nitrogens with zero attached hydrogens (tertiary/aromatic N) is 1. The van der Waals surface area contributed by atoms with Crippen LogP contribution in [0.4, 0.5) is 0 Å². The zero-order valence-corrected chi connectivity index (χ0v) is 11.3. The van der Waals surface area contributed by atoms with Crippen LogP contribution in [0.15, 0.2) is 0 Å². The predicted molar refractivity (Wildman–Crippen MR) is 71.5 cm³/mol. The summed E-state index contributed by atoms with van der Waals surface area (Å²) in [6.45, 7) is 9.43. The summed E-state index contributed by atoms with van der Waals surface area (Å²) in [7, 11) is 0. The fraction of sp³-hybridized carbons (Fsp3) is 1.00. The lowest BCUT2D eigenvalue weighted by molar-refractivity contribution is 0.251. The maximum atomic E-state index is 5.57. The van der Waals surface area contributed by atoms with Gasteiger partial charge in [0.2, 0.25) is 0 Å². The van der Waals surface area contributed by atoms with E-state index in [1.165, 1.54) is 58.2 Å². The third-order valence-corrected chi connectivity index (χ3v) is 3.58. The topological polar surface area (TPSA) is 29.3 Å². The third-order valence-electron chi connectivity index (χ3n) is 3.58. The smallest absolute Gasteiger partial charge is 0.000966 e. The molecule has 0 aromatic heterocycles. The van der Waals surface area contributed by atoms with Gasteiger partial charge in [0, 0.05) is 6.54 Å². The summed E-state index contributed by atoms with van der Waals surface area (Å²) in [5.41, 5.74) is 5.57. The largest absolute Gasteiger partial charge is 0.330 e. The van der Waals surface area contributed by atoms with Crippen LogP contribution in [-0.2, 0) is 0 Å². The molecule has 0 aliphatic heterocycles. The van der Waals surface area contributed by atoms with Crippen molar-refractivity contribution in [3.8, 4) is 0 Å². The van der Waals surface area contributed by atoms with Crippen molar-refractivity contribution in [2.75, 3.05) is 26.2 Å². The number of nitrogens with two attached hydrogens (primary N) is 1. The third kappa shape index (κ3) is 6.49. The Bertz CT molecular complexity index is 166. The summed E-state index contributed by atoms with van der Waals surface area (Å²) < 4.78 is 0. The van der Waals surface area contributed by atoms with Gasteiger partial charge in [0.25, 0.3) is 0 Å². The maximum Gasteiger partial charge on any atom is 0.000966 e. The van der Waals surface area contributed by atoms with Gasteiger partial charge in [0.1, 0.15) is 0 Å². The minimum Gasteiger partial charge on any atom is -0.330 e. The van der Waals surface area contributed by atoms with Gasteiger partial charge in [-0.2, -0.15) is 0 Å². The van der Waals surface area contributed by atoms with Crippen LogP contribution in [0.1, 0.15) is 52.4 Å². The summed E-state index contributed by atoms with van der Waals surface area (Å²) in [6.07, 6.45) is 8.14. The average molecular weight is 226 g/mol. The maximum absolute atomic E-state index is 5.57. The van der Waals surface area contributed by atoms with Gasteiger partial charge >= 0.3 is 0 Å². The molecule has 0 radical (unpaired) electrons. The highest BCUT2D eigenvalue weighted by molar-refractivity contribution is 4.77. The van der Waals surface area contributed by atoms with Crippen molar-refractivity contribution in [1.82, 2.24) is 4.90 Å². The Hall–Kier alpha value is -0.0800. The molecule has 0 saturated heterocycles. The van der Waals surface area contributed by atoms with Crippen LogP contribution in [0.25, 0.3) is 0 Å². The molecule has 2 heteroatoms. The minimum absolute atomic E-state index is 0.814. The van der Waals surface area contributed by atoms with Gasteiger partial charge in [0.05, 0.1) is 0 Å². The Labute approximate surface area is 102 Å². The first-order valence-corrected chi connectivity index (χ1v) is 7.18. The molecule has 96 valence electrons. The molecule has 1 saturated carbocycles. The molecule has 0 heterocycles. The van der Waals surface area contributed by atoms with E-state index >= 15 is 0 Å². The lowest BCUT2D eigenvalue weighted by Gasteiger charge is -2.22. The number of hydrogen-bond acceptors (Lipinski definition) is 2. The van der Waals surface area contributed by atoms with Gasteiger partial charge in [-0.15, -0.1) is 0 Å². The Kier molecular flexibility index (Phi) is 7.06. The normalized spacial score (nSPS) is 18.0. The molecule has 0 spiro atoms. The summed E-state index contributed by atoms with van der Waals surface area (Å²) in [5.74, 6) is 1.85. The molecular formula is C14H30N2. The van der Waals surface area contributed by atoms with E-state index < -0.39 is 0 Å². The van der Waals surface area contributed by atoms with E-state index in [4.69, 9.17) is 5.73 Å². The average Bonchev–Trinajstić information content (AvgIpc) is 3.02. The van der Waals surface area contributed by atoms with Gasteiger partial charge in [0.15, 0.2) is 0 Å². The van der Waals surface area contributed by atoms with E-state index in [9.17, 15) is 0 Å². The molecule has 0 bridgehead atoms. The molecular weight excluding hydrogens is 196 g/mol. The van der Waals surface area contributed by atoms with Crippen LogP contribution in [0.2, 0.25) is 0 Å². The monoisotopic (exact) mass is 226 g/mol. The highest BCUT2D eigenvalue weighted by Crippen LogP contribution is 2.29. The highest BCUT2D eigenvalue weighted by atomic mass is 15.1. The van der Waals surface area contributed by atoms with Gasteiger partial charge in [-0.25, -0.2) is 0 Å². The fourth-order valence-corrected chi connectivity index (χ4v) is 2.37. The molecule has 0 aromatic carbocycles. The Morgan fingerprint density at radius 2 is 2.00 bits per heavy atom. The molecule has 1 fully saturated rings. The van der Waals surface area contributed by atoms with Crippen molar-refractivity contribution in [2.45, 2.75) is 52.4 Å². The standard InChI is InChI=1S/C14H30N2/c1-3-10-16(12-14-6-7-14)11-4-5-13(2)8-9-15/h13-14H,3-12,15H2,1-2H3. The van der Waals surface area contributed by atoms with Crippen LogP contribution in [0.5, 0.6) is 0 Å². The second-order valence-corrected chi connectivity index (χ2v) is 5.57.